The monoisotopic (exact) mass is 1190 g/mol. The molecule has 0 saturated carbocycles. The zero-order chi connectivity index (χ0) is 59.1. The summed E-state index contributed by atoms with van der Waals surface area (Å²) in [5.41, 5.74) is 11.3. The van der Waals surface area contributed by atoms with Crippen LogP contribution >= 0.6 is 15.5 Å². The number of amides is 2. The maximum absolute atomic E-state index is 14.0. The van der Waals surface area contributed by atoms with Gasteiger partial charge >= 0.3 is 27.4 Å². The van der Waals surface area contributed by atoms with E-state index < -0.39 is 113 Å². The number of pyridine rings is 2. The Morgan fingerprint density at radius 2 is 1.01 bits per heavy atom. The summed E-state index contributed by atoms with van der Waals surface area (Å²) in [5, 5.41) is 26.5. The lowest BCUT2D eigenvalue weighted by atomic mass is 10.1. The molecule has 5 heterocycles. The van der Waals surface area contributed by atoms with Crippen molar-refractivity contribution in [2.24, 2.45) is 23.3 Å². The number of hydrogen-bond donors (Lipinski definition) is 6. The number of para-hydroxylation sites is 2. The first kappa shape index (κ1) is 67.1. The number of carbonyl (C=O) groups excluding carboxylic acids is 4. The third kappa shape index (κ3) is 18.6. The molecule has 2 aromatic heterocycles. The van der Waals surface area contributed by atoms with E-state index >= 15 is 0 Å². The Hall–Kier alpha value is -5.72. The minimum atomic E-state index is -4.22. The first-order chi connectivity index (χ1) is 38.5. The van der Waals surface area contributed by atoms with Gasteiger partial charge in [-0.2, -0.15) is 19.3 Å². The molecule has 6 unspecified atom stereocenters. The number of aliphatic hydroxyl groups is 2. The van der Waals surface area contributed by atoms with E-state index in [-0.39, 0.29) is 56.1 Å². The van der Waals surface area contributed by atoms with Gasteiger partial charge in [-0.25, -0.2) is 9.13 Å². The number of aromatic nitrogens is 2. The van der Waals surface area contributed by atoms with Crippen LogP contribution in [-0.2, 0) is 56.2 Å². The molecule has 3 saturated heterocycles. The maximum Gasteiger partial charge on any atom is 0.459 e. The van der Waals surface area contributed by atoms with Crippen LogP contribution in [0.4, 0.5) is 0 Å². The van der Waals surface area contributed by atoms with Crippen LogP contribution in [0.25, 0.3) is 0 Å². The fourth-order valence-corrected chi connectivity index (χ4v) is 11.8. The molecule has 0 radical (unpaired) electrons. The largest absolute Gasteiger partial charge is 0.464 e. The molecule has 7 rings (SSSR count). The van der Waals surface area contributed by atoms with Crippen molar-refractivity contribution in [1.82, 2.24) is 10.2 Å². The van der Waals surface area contributed by atoms with E-state index in [1.54, 1.807) is 110 Å². The van der Waals surface area contributed by atoms with E-state index in [9.17, 15) is 38.5 Å². The van der Waals surface area contributed by atoms with Crippen molar-refractivity contribution in [3.05, 3.63) is 121 Å². The summed E-state index contributed by atoms with van der Waals surface area (Å²) in [4.78, 5) is 48.7. The fraction of sp³-hybridized carbons (Fsp3) is 0.536. The quantitative estimate of drug-likeness (QED) is 0.0211. The number of nitrogens with two attached hydrogens (primary N) is 2. The van der Waals surface area contributed by atoms with Gasteiger partial charge < -0.3 is 59.1 Å². The molecule has 0 aliphatic carbocycles. The second kappa shape index (κ2) is 30.7. The third-order valence-corrected chi connectivity index (χ3v) is 16.9. The summed E-state index contributed by atoms with van der Waals surface area (Å²) < 4.78 is 88.9. The average molecular weight is 1190 g/mol. The lowest BCUT2D eigenvalue weighted by molar-refractivity contribution is -0.766. The van der Waals surface area contributed by atoms with Crippen LogP contribution in [0.15, 0.2) is 110 Å². The number of hydrogen-bond acceptors (Lipinski definition) is 18. The minimum absolute atomic E-state index is 0. The number of aliphatic hydroxyl groups excluding tert-OH is 2. The average Bonchev–Trinajstić information content (AvgIpc) is 4.20. The second-order valence-corrected chi connectivity index (χ2v) is 23.6. The van der Waals surface area contributed by atoms with E-state index in [0.29, 0.717) is 5.56 Å². The number of primary amides is 2. The van der Waals surface area contributed by atoms with Crippen LogP contribution in [0.5, 0.6) is 11.5 Å². The Labute approximate surface area is 479 Å². The highest BCUT2D eigenvalue weighted by Crippen LogP contribution is 2.48. The topological polar surface area (TPSA) is 319 Å². The van der Waals surface area contributed by atoms with E-state index in [0.717, 1.165) is 25.7 Å². The van der Waals surface area contributed by atoms with Crippen LogP contribution in [0.1, 0.15) is 122 Å². The molecule has 3 fully saturated rings. The highest BCUT2D eigenvalue weighted by molar-refractivity contribution is 7.52. The van der Waals surface area contributed by atoms with Crippen molar-refractivity contribution >= 4 is 39.2 Å². The Morgan fingerprint density at radius 3 is 1.44 bits per heavy atom. The predicted molar refractivity (Wildman–Crippen MR) is 297 cm³/mol. The van der Waals surface area contributed by atoms with Gasteiger partial charge in [-0.1, -0.05) is 97.2 Å². The van der Waals surface area contributed by atoms with Crippen molar-refractivity contribution in [2.45, 2.75) is 155 Å². The highest BCUT2D eigenvalue weighted by Gasteiger charge is 2.60. The van der Waals surface area contributed by atoms with Crippen LogP contribution in [0.3, 0.4) is 0 Å². The maximum atomic E-state index is 14.0. The summed E-state index contributed by atoms with van der Waals surface area (Å²) in [5.74, 6) is -2.41. The Bertz CT molecular complexity index is 2800. The van der Waals surface area contributed by atoms with Crippen molar-refractivity contribution < 1.29 is 94.2 Å². The van der Waals surface area contributed by atoms with Crippen LogP contribution < -0.4 is 39.8 Å². The summed E-state index contributed by atoms with van der Waals surface area (Å²) in [6, 6.07) is 21.0. The molecule has 3 aliphatic heterocycles. The van der Waals surface area contributed by atoms with Gasteiger partial charge in [0.15, 0.2) is 42.8 Å². The Balaban J connectivity index is 0.000000298. The molecule has 2 aromatic carbocycles. The number of nitrogens with one attached hydrogen (secondary N) is 2. The molecular formula is C56H82N6O18P2+2. The summed E-state index contributed by atoms with van der Waals surface area (Å²) in [6.45, 7) is 14.5. The number of rotatable bonds is 28. The number of ether oxygens (including phenoxy) is 6. The number of fused-ring (bicyclic) bond motifs is 1. The minimum Gasteiger partial charge on any atom is -0.464 e. The number of benzene rings is 2. The molecular weight excluding hydrogens is 1110 g/mol. The van der Waals surface area contributed by atoms with Crippen LogP contribution in [0.2, 0.25) is 0 Å². The summed E-state index contributed by atoms with van der Waals surface area (Å²) in [7, 11) is -8.36. The summed E-state index contributed by atoms with van der Waals surface area (Å²) in [6.07, 6.45) is 2.07. The zero-order valence-electron chi connectivity index (χ0n) is 46.8. The van der Waals surface area contributed by atoms with E-state index in [1.165, 1.54) is 36.9 Å². The molecule has 0 spiro atoms. The van der Waals surface area contributed by atoms with E-state index in [2.05, 4.69) is 10.2 Å². The smallest absolute Gasteiger partial charge is 0.459 e. The second-order valence-electron chi connectivity index (χ2n) is 20.2. The van der Waals surface area contributed by atoms with Gasteiger partial charge in [-0.3, -0.25) is 28.2 Å². The van der Waals surface area contributed by atoms with Gasteiger partial charge in [0, 0.05) is 12.1 Å². The molecule has 24 nitrogen and oxygen atoms in total. The normalized spacial score (nSPS) is 23.9. The first-order valence-corrected chi connectivity index (χ1v) is 30.1. The van der Waals surface area contributed by atoms with Crippen molar-refractivity contribution in [3.63, 3.8) is 0 Å². The number of nitrogens with zero attached hydrogens (tertiary/aromatic N) is 2. The standard InChI is InChI=1S/C29H40N3O9P.C26H36N3O9P.CH4/c1-6-20(7-2)17-36-28(34)19(3)31-42(35,41-22-13-9-8-10-14-22)37-18-23-24-25(40-29(4,5)39-24)27(38-23)32-15-11-12-21(16-32)26(30)33;1-4-18(5-2)15-35-26(33)17(3)28-39(34,38-20-11-7-6-8-12-20)36-16-21-22(30)23(31)25(37-21)29-13-9-10-19(14-29)24(27)32;/h8-16,19-20,23-25,27H,6-7,17-18H2,1-5H3,(H2-,30,31,33,35);6-14,17-18,21-23,25,30-31H,4-5,15-16H2,1-3H3,(H2-,27,28,32,34);1H4/p+2/t19?,23?,24-,25-,27-,42?;17?,21?,22-,23-,25-,39?;/m11./s1. The van der Waals surface area contributed by atoms with Crippen molar-refractivity contribution in [3.8, 4) is 11.5 Å². The lowest BCUT2D eigenvalue weighted by Gasteiger charge is -2.26. The van der Waals surface area contributed by atoms with Crippen molar-refractivity contribution in [1.29, 1.82) is 0 Å². The molecule has 8 N–H and O–H groups in total. The molecule has 4 aromatic rings. The SMILES string of the molecule is C.CCC(CC)COC(=O)C(C)NP(=O)(OCC1O[C@@H]([n+]2cccc(C(N)=O)c2)[C@@H]2OC(C)(C)O[C@H]12)Oc1ccccc1.CCC(CC)COC(=O)C(C)NP(=O)(OCC1O[C@@H]([n+]2cccc(C(N)=O)c2)[C@H](O)[C@@H]1O)Oc1ccccc1. The third-order valence-electron chi connectivity index (χ3n) is 13.7. The fourth-order valence-electron chi connectivity index (χ4n) is 8.78. The van der Waals surface area contributed by atoms with Gasteiger partial charge in [0.1, 0.15) is 59.1 Å². The van der Waals surface area contributed by atoms with Crippen molar-refractivity contribution in [2.75, 3.05) is 26.4 Å². The Kier molecular flexibility index (Phi) is 25.1. The zero-order valence-corrected chi connectivity index (χ0v) is 48.6. The molecule has 26 heteroatoms. The van der Waals surface area contributed by atoms with Gasteiger partial charge in [-0.15, -0.1) is 0 Å². The molecule has 3 aliphatic rings. The van der Waals surface area contributed by atoms with Gasteiger partial charge in [0.25, 0.3) is 24.3 Å². The van der Waals surface area contributed by atoms with E-state index in [4.69, 9.17) is 58.0 Å². The van der Waals surface area contributed by atoms with Crippen LogP contribution in [-0.4, -0.2) is 115 Å². The van der Waals surface area contributed by atoms with E-state index in [1.807, 2.05) is 27.7 Å². The highest BCUT2D eigenvalue weighted by atomic mass is 31.2. The lowest BCUT2D eigenvalue weighted by Crippen LogP contribution is -2.46. The summed E-state index contributed by atoms with van der Waals surface area (Å²) >= 11 is 0. The first-order valence-electron chi connectivity index (χ1n) is 27.0. The molecule has 2 amide bonds. The van der Waals surface area contributed by atoms with Gasteiger partial charge in [0.05, 0.1) is 26.4 Å². The molecule has 0 bridgehead atoms. The van der Waals surface area contributed by atoms with Crippen LogP contribution in [0, 0.1) is 11.8 Å². The molecule has 452 valence electrons. The predicted octanol–water partition coefficient (Wildman–Crippen LogP) is 6.14. The Morgan fingerprint density at radius 1 is 0.610 bits per heavy atom. The molecule has 12 atom stereocenters. The molecule has 82 heavy (non-hydrogen) atoms. The van der Waals surface area contributed by atoms with Gasteiger partial charge in [-0.05, 0) is 75.9 Å². The number of carbonyl (C=O) groups is 4. The van der Waals surface area contributed by atoms with Gasteiger partial charge in [0.2, 0.25) is 0 Å². The number of esters is 2.